The van der Waals surface area contributed by atoms with Gasteiger partial charge in [-0.2, -0.15) is 0 Å². The standard InChI is InChI=1S/C17H26N4O3.HI/c1-3-8-19-16(22)7-9-20-17(18-2)21-13-5-6-14-15(12-13)24-11-4-10-23-14;/h5-6,12H,3-4,7-11H2,1-2H3,(H,19,22)(H2,18,20,21);1H. The topological polar surface area (TPSA) is 84.0 Å². The van der Waals surface area contributed by atoms with Gasteiger partial charge in [0, 0.05) is 44.7 Å². The van der Waals surface area contributed by atoms with Gasteiger partial charge in [0.1, 0.15) is 0 Å². The summed E-state index contributed by atoms with van der Waals surface area (Å²) < 4.78 is 11.3. The van der Waals surface area contributed by atoms with E-state index in [9.17, 15) is 4.79 Å². The Morgan fingerprint density at radius 1 is 1.16 bits per heavy atom. The summed E-state index contributed by atoms with van der Waals surface area (Å²) in [6.45, 7) is 4.57. The van der Waals surface area contributed by atoms with E-state index in [1.54, 1.807) is 7.05 Å². The molecule has 1 heterocycles. The van der Waals surface area contributed by atoms with E-state index in [2.05, 4.69) is 20.9 Å². The number of halogens is 1. The van der Waals surface area contributed by atoms with E-state index in [-0.39, 0.29) is 29.9 Å². The molecule has 2 rings (SSSR count). The normalized spacial score (nSPS) is 13.3. The van der Waals surface area contributed by atoms with E-state index in [4.69, 9.17) is 9.47 Å². The van der Waals surface area contributed by atoms with Gasteiger partial charge in [-0.15, -0.1) is 24.0 Å². The van der Waals surface area contributed by atoms with Crippen molar-refractivity contribution in [1.82, 2.24) is 10.6 Å². The third kappa shape index (κ3) is 7.37. The molecule has 0 fully saturated rings. The van der Waals surface area contributed by atoms with Crippen LogP contribution in [0.2, 0.25) is 0 Å². The fourth-order valence-corrected chi connectivity index (χ4v) is 2.20. The Bertz CT molecular complexity index is 581. The lowest BCUT2D eigenvalue weighted by Crippen LogP contribution is -2.34. The Labute approximate surface area is 166 Å². The van der Waals surface area contributed by atoms with Crippen LogP contribution in [-0.4, -0.2) is 45.2 Å². The van der Waals surface area contributed by atoms with Gasteiger partial charge in [-0.25, -0.2) is 0 Å². The Balaban J connectivity index is 0.00000312. The predicted octanol–water partition coefficient (Wildman–Crippen LogP) is 2.37. The van der Waals surface area contributed by atoms with Gasteiger partial charge in [0.15, 0.2) is 17.5 Å². The minimum Gasteiger partial charge on any atom is -0.490 e. The van der Waals surface area contributed by atoms with Gasteiger partial charge in [-0.05, 0) is 18.6 Å². The summed E-state index contributed by atoms with van der Waals surface area (Å²) in [5.74, 6) is 2.13. The molecule has 0 bridgehead atoms. The highest BCUT2D eigenvalue weighted by Gasteiger charge is 2.11. The van der Waals surface area contributed by atoms with Crippen LogP contribution < -0.4 is 25.4 Å². The van der Waals surface area contributed by atoms with Crippen molar-refractivity contribution >= 4 is 41.5 Å². The first-order valence-electron chi connectivity index (χ1n) is 8.37. The molecule has 0 spiro atoms. The predicted molar refractivity (Wildman–Crippen MR) is 110 cm³/mol. The number of carbonyl (C=O) groups is 1. The second-order valence-electron chi connectivity index (χ2n) is 5.44. The van der Waals surface area contributed by atoms with Crippen molar-refractivity contribution in [1.29, 1.82) is 0 Å². The summed E-state index contributed by atoms with van der Waals surface area (Å²) in [4.78, 5) is 15.7. The van der Waals surface area contributed by atoms with Crippen LogP contribution in [0.4, 0.5) is 5.69 Å². The molecule has 1 aromatic carbocycles. The largest absolute Gasteiger partial charge is 0.490 e. The molecule has 7 nitrogen and oxygen atoms in total. The number of ether oxygens (including phenoxy) is 2. The Morgan fingerprint density at radius 2 is 1.92 bits per heavy atom. The third-order valence-electron chi connectivity index (χ3n) is 3.45. The lowest BCUT2D eigenvalue weighted by atomic mass is 10.2. The number of rotatable bonds is 6. The Kier molecular flexibility index (Phi) is 10.0. The number of amides is 1. The average molecular weight is 462 g/mol. The summed E-state index contributed by atoms with van der Waals surface area (Å²) in [5.41, 5.74) is 0.850. The molecule has 0 atom stereocenters. The van der Waals surface area contributed by atoms with Crippen molar-refractivity contribution in [2.75, 3.05) is 38.7 Å². The molecule has 0 unspecified atom stereocenters. The summed E-state index contributed by atoms with van der Waals surface area (Å²) in [6.07, 6.45) is 2.22. The van der Waals surface area contributed by atoms with E-state index < -0.39 is 0 Å². The van der Waals surface area contributed by atoms with Gasteiger partial charge in [-0.3, -0.25) is 9.79 Å². The minimum atomic E-state index is 0. The molecule has 140 valence electrons. The second-order valence-corrected chi connectivity index (χ2v) is 5.44. The first kappa shape index (κ1) is 21.3. The van der Waals surface area contributed by atoms with Crippen LogP contribution in [0.1, 0.15) is 26.2 Å². The lowest BCUT2D eigenvalue weighted by molar-refractivity contribution is -0.120. The van der Waals surface area contributed by atoms with Crippen LogP contribution in [0.3, 0.4) is 0 Å². The number of hydrogen-bond donors (Lipinski definition) is 3. The zero-order chi connectivity index (χ0) is 17.2. The van der Waals surface area contributed by atoms with E-state index in [1.807, 2.05) is 25.1 Å². The smallest absolute Gasteiger partial charge is 0.221 e. The van der Waals surface area contributed by atoms with Gasteiger partial charge in [0.2, 0.25) is 5.91 Å². The first-order chi connectivity index (χ1) is 11.7. The highest BCUT2D eigenvalue weighted by atomic mass is 127. The highest BCUT2D eigenvalue weighted by Crippen LogP contribution is 2.32. The minimum absolute atomic E-state index is 0. The van der Waals surface area contributed by atoms with Crippen molar-refractivity contribution in [3.63, 3.8) is 0 Å². The Hall–Kier alpha value is -1.71. The second kappa shape index (κ2) is 11.8. The molecule has 1 amide bonds. The first-order valence-corrected chi connectivity index (χ1v) is 8.37. The molecule has 1 aliphatic rings. The van der Waals surface area contributed by atoms with E-state index in [0.717, 1.165) is 30.0 Å². The number of fused-ring (bicyclic) bond motifs is 1. The number of nitrogens with one attached hydrogen (secondary N) is 3. The SMILES string of the molecule is CCCNC(=O)CCNC(=NC)Nc1ccc2c(c1)OCCCO2.I. The van der Waals surface area contributed by atoms with Crippen LogP contribution in [0.15, 0.2) is 23.2 Å². The van der Waals surface area contributed by atoms with E-state index in [1.165, 1.54) is 0 Å². The van der Waals surface area contributed by atoms with Crippen molar-refractivity contribution < 1.29 is 14.3 Å². The number of carbonyl (C=O) groups excluding carboxylic acids is 1. The van der Waals surface area contributed by atoms with E-state index >= 15 is 0 Å². The summed E-state index contributed by atoms with van der Waals surface area (Å²) in [7, 11) is 1.69. The molecule has 0 aromatic heterocycles. The molecule has 3 N–H and O–H groups in total. The van der Waals surface area contributed by atoms with Gasteiger partial charge in [0.05, 0.1) is 13.2 Å². The van der Waals surface area contributed by atoms with Crippen molar-refractivity contribution in [3.05, 3.63) is 18.2 Å². The lowest BCUT2D eigenvalue weighted by Gasteiger charge is -2.14. The summed E-state index contributed by atoms with van der Waals surface area (Å²) in [5, 5.41) is 9.16. The van der Waals surface area contributed by atoms with Gasteiger partial charge >= 0.3 is 0 Å². The molecule has 8 heteroatoms. The maximum atomic E-state index is 11.6. The molecule has 0 aliphatic carbocycles. The van der Waals surface area contributed by atoms with Crippen molar-refractivity contribution in [2.45, 2.75) is 26.2 Å². The van der Waals surface area contributed by atoms with Crippen molar-refractivity contribution in [3.8, 4) is 11.5 Å². The zero-order valence-corrected chi connectivity index (χ0v) is 17.1. The summed E-state index contributed by atoms with van der Waals surface area (Å²) >= 11 is 0. The number of hydrogen-bond acceptors (Lipinski definition) is 4. The maximum absolute atomic E-state index is 11.6. The molecular weight excluding hydrogens is 435 g/mol. The van der Waals surface area contributed by atoms with Crippen LogP contribution >= 0.6 is 24.0 Å². The average Bonchev–Trinajstić information content (AvgIpc) is 2.83. The van der Waals surface area contributed by atoms with Gasteiger partial charge in [-0.1, -0.05) is 6.92 Å². The fraction of sp³-hybridized carbons (Fsp3) is 0.529. The van der Waals surface area contributed by atoms with Crippen LogP contribution in [0.25, 0.3) is 0 Å². The van der Waals surface area contributed by atoms with E-state index in [0.29, 0.717) is 38.7 Å². The zero-order valence-electron chi connectivity index (χ0n) is 14.8. The Morgan fingerprint density at radius 3 is 2.64 bits per heavy atom. The molecule has 25 heavy (non-hydrogen) atoms. The molecule has 0 saturated carbocycles. The quantitative estimate of drug-likeness (QED) is 0.344. The maximum Gasteiger partial charge on any atom is 0.221 e. The molecular formula is C17H27IN4O3. The number of anilines is 1. The highest BCUT2D eigenvalue weighted by molar-refractivity contribution is 14.0. The number of aliphatic imine (C=N–C) groups is 1. The molecule has 1 aromatic rings. The number of nitrogens with zero attached hydrogens (tertiary/aromatic N) is 1. The third-order valence-corrected chi connectivity index (χ3v) is 3.45. The summed E-state index contributed by atoms with van der Waals surface area (Å²) in [6, 6.07) is 5.68. The monoisotopic (exact) mass is 462 g/mol. The van der Waals surface area contributed by atoms with Gasteiger partial charge in [0.25, 0.3) is 0 Å². The van der Waals surface area contributed by atoms with Crippen LogP contribution in [0.5, 0.6) is 11.5 Å². The number of guanidine groups is 1. The number of benzene rings is 1. The fourth-order valence-electron chi connectivity index (χ4n) is 2.20. The molecule has 1 aliphatic heterocycles. The molecule has 0 saturated heterocycles. The van der Waals surface area contributed by atoms with Crippen LogP contribution in [0, 0.1) is 0 Å². The van der Waals surface area contributed by atoms with Gasteiger partial charge < -0.3 is 25.4 Å². The van der Waals surface area contributed by atoms with Crippen LogP contribution in [-0.2, 0) is 4.79 Å². The molecule has 0 radical (unpaired) electrons. The van der Waals surface area contributed by atoms with Crippen molar-refractivity contribution in [2.24, 2.45) is 4.99 Å².